The number of ether oxygens (including phenoxy) is 3. The maximum Gasteiger partial charge on any atom is 0.329 e. The topological polar surface area (TPSA) is 91.0 Å². The zero-order chi connectivity index (χ0) is 22.8. The minimum atomic E-state index is -1.01. The second-order valence-electron chi connectivity index (χ2n) is 7.26. The quantitative estimate of drug-likeness (QED) is 0.387. The molecule has 0 fully saturated rings. The van der Waals surface area contributed by atoms with Crippen LogP contribution in [0.25, 0.3) is 11.5 Å². The van der Waals surface area contributed by atoms with E-state index in [1.165, 1.54) is 0 Å². The Hall–Kier alpha value is -3.16. The molecule has 3 rings (SSSR count). The molecule has 7 nitrogen and oxygen atoms in total. The Morgan fingerprint density at radius 2 is 1.81 bits per heavy atom. The average Bonchev–Trinajstić information content (AvgIpc) is 3.17. The molecule has 0 bridgehead atoms. The van der Waals surface area contributed by atoms with E-state index in [9.17, 15) is 4.79 Å². The van der Waals surface area contributed by atoms with Gasteiger partial charge in [-0.05, 0) is 50.1 Å². The van der Waals surface area contributed by atoms with Crippen LogP contribution in [-0.2, 0) is 27.1 Å². The third-order valence-corrected chi connectivity index (χ3v) is 4.86. The van der Waals surface area contributed by atoms with E-state index in [0.29, 0.717) is 38.4 Å². The van der Waals surface area contributed by atoms with E-state index in [1.807, 2.05) is 68.4 Å². The van der Waals surface area contributed by atoms with Gasteiger partial charge in [0.1, 0.15) is 18.1 Å². The molecule has 1 unspecified atom stereocenters. The van der Waals surface area contributed by atoms with E-state index in [0.717, 1.165) is 28.3 Å². The molecule has 0 aliphatic heterocycles. The average molecular weight is 440 g/mol. The number of hydrogen-bond donors (Lipinski definition) is 1. The molecule has 1 N–H and O–H groups in total. The summed E-state index contributed by atoms with van der Waals surface area (Å²) in [6, 6.07) is 17.7. The first kappa shape index (κ1) is 23.5. The van der Waals surface area contributed by atoms with Crippen LogP contribution >= 0.6 is 0 Å². The molecular weight excluding hydrogens is 410 g/mol. The molecule has 0 aliphatic rings. The molecule has 0 saturated carbocycles. The lowest BCUT2D eigenvalue weighted by Crippen LogP contribution is -2.22. The Bertz CT molecular complexity index is 968. The van der Waals surface area contributed by atoms with Crippen molar-refractivity contribution in [2.24, 2.45) is 0 Å². The van der Waals surface area contributed by atoms with Crippen molar-refractivity contribution >= 4 is 5.97 Å². The standard InChI is InChI=1S/C25H29NO6/c1-3-29-24(31-17-23(27)28)14-11-19-9-12-21(13-10-19)30-16-15-22-18(2)32-25(26-22)20-7-5-4-6-8-20/h4-10,12-13,24H,3,11,14-17H2,1-2H3,(H,27,28). The largest absolute Gasteiger partial charge is 0.493 e. The highest BCUT2D eigenvalue weighted by molar-refractivity contribution is 5.68. The van der Waals surface area contributed by atoms with Crippen molar-refractivity contribution in [1.29, 1.82) is 0 Å². The number of hydrogen-bond acceptors (Lipinski definition) is 6. The van der Waals surface area contributed by atoms with Gasteiger partial charge < -0.3 is 23.7 Å². The van der Waals surface area contributed by atoms with Crippen LogP contribution in [0.5, 0.6) is 5.75 Å². The Balaban J connectivity index is 1.46. The number of aliphatic carboxylic acids is 1. The molecule has 0 amide bonds. The van der Waals surface area contributed by atoms with Gasteiger partial charge in [-0.2, -0.15) is 0 Å². The van der Waals surface area contributed by atoms with E-state index in [1.54, 1.807) is 0 Å². The highest BCUT2D eigenvalue weighted by Crippen LogP contribution is 2.22. The van der Waals surface area contributed by atoms with E-state index in [4.69, 9.17) is 23.7 Å². The van der Waals surface area contributed by atoms with Gasteiger partial charge in [-0.25, -0.2) is 9.78 Å². The minimum Gasteiger partial charge on any atom is -0.493 e. The van der Waals surface area contributed by atoms with E-state index < -0.39 is 12.3 Å². The molecule has 0 aliphatic carbocycles. The fourth-order valence-corrected chi connectivity index (χ4v) is 3.23. The third-order valence-electron chi connectivity index (χ3n) is 4.86. The Morgan fingerprint density at radius 1 is 1.06 bits per heavy atom. The number of aromatic nitrogens is 1. The van der Waals surface area contributed by atoms with Crippen molar-refractivity contribution in [3.63, 3.8) is 0 Å². The molecular formula is C25H29NO6. The van der Waals surface area contributed by atoms with Crippen LogP contribution in [0.2, 0.25) is 0 Å². The fourth-order valence-electron chi connectivity index (χ4n) is 3.23. The van der Waals surface area contributed by atoms with Crippen molar-refractivity contribution in [2.75, 3.05) is 19.8 Å². The lowest BCUT2D eigenvalue weighted by molar-refractivity contribution is -0.168. The van der Waals surface area contributed by atoms with E-state index in [2.05, 4.69) is 4.98 Å². The summed E-state index contributed by atoms with van der Waals surface area (Å²) in [7, 11) is 0. The lowest BCUT2D eigenvalue weighted by Gasteiger charge is -2.16. The normalized spacial score (nSPS) is 11.9. The van der Waals surface area contributed by atoms with Gasteiger partial charge in [0.15, 0.2) is 6.29 Å². The number of aryl methyl sites for hydroxylation is 2. The maximum absolute atomic E-state index is 10.7. The van der Waals surface area contributed by atoms with Crippen LogP contribution in [0.4, 0.5) is 0 Å². The SMILES string of the molecule is CCOC(CCc1ccc(OCCc2nc(-c3ccccc3)oc2C)cc1)OCC(=O)O. The molecule has 3 aromatic rings. The number of carboxylic acids is 1. The van der Waals surface area contributed by atoms with Gasteiger partial charge in [0.25, 0.3) is 0 Å². The minimum absolute atomic E-state index is 0.366. The van der Waals surface area contributed by atoms with Crippen LogP contribution in [-0.4, -0.2) is 42.2 Å². The molecule has 0 radical (unpaired) electrons. The number of rotatable bonds is 13. The summed E-state index contributed by atoms with van der Waals surface area (Å²) in [5.41, 5.74) is 2.95. The van der Waals surface area contributed by atoms with Gasteiger partial charge in [0.05, 0.1) is 12.3 Å². The monoisotopic (exact) mass is 439 g/mol. The second-order valence-corrected chi connectivity index (χ2v) is 7.26. The zero-order valence-electron chi connectivity index (χ0n) is 18.5. The summed E-state index contributed by atoms with van der Waals surface area (Å²) < 4.78 is 22.4. The van der Waals surface area contributed by atoms with Crippen molar-refractivity contribution in [1.82, 2.24) is 4.98 Å². The van der Waals surface area contributed by atoms with Crippen LogP contribution in [0.3, 0.4) is 0 Å². The van der Waals surface area contributed by atoms with Crippen LogP contribution in [0, 0.1) is 6.92 Å². The van der Waals surface area contributed by atoms with Crippen LogP contribution < -0.4 is 4.74 Å². The van der Waals surface area contributed by atoms with Gasteiger partial charge >= 0.3 is 5.97 Å². The highest BCUT2D eigenvalue weighted by Gasteiger charge is 2.12. The van der Waals surface area contributed by atoms with Gasteiger partial charge in [0, 0.05) is 25.0 Å². The summed E-state index contributed by atoms with van der Waals surface area (Å²) in [5, 5.41) is 8.75. The second kappa shape index (κ2) is 12.0. The Kier molecular flexibility index (Phi) is 8.83. The van der Waals surface area contributed by atoms with Crippen LogP contribution in [0.15, 0.2) is 59.0 Å². The molecule has 170 valence electrons. The summed E-state index contributed by atoms with van der Waals surface area (Å²) in [5.74, 6) is 1.20. The Labute approximate surface area is 188 Å². The molecule has 1 aromatic heterocycles. The maximum atomic E-state index is 10.7. The first-order chi connectivity index (χ1) is 15.5. The first-order valence-corrected chi connectivity index (χ1v) is 10.7. The molecule has 0 spiro atoms. The molecule has 7 heteroatoms. The predicted octanol–water partition coefficient (Wildman–Crippen LogP) is 4.67. The molecule has 0 saturated heterocycles. The number of nitrogens with zero attached hydrogens (tertiary/aromatic N) is 1. The predicted molar refractivity (Wildman–Crippen MR) is 120 cm³/mol. The lowest BCUT2D eigenvalue weighted by atomic mass is 10.1. The zero-order valence-corrected chi connectivity index (χ0v) is 18.5. The number of carboxylic acid groups (broad SMARTS) is 1. The summed E-state index contributed by atoms with van der Waals surface area (Å²) in [4.78, 5) is 15.3. The third kappa shape index (κ3) is 7.21. The molecule has 32 heavy (non-hydrogen) atoms. The van der Waals surface area contributed by atoms with E-state index in [-0.39, 0.29) is 6.61 Å². The van der Waals surface area contributed by atoms with Crippen LogP contribution in [0.1, 0.15) is 30.4 Å². The summed E-state index contributed by atoms with van der Waals surface area (Å²) in [6.07, 6.45) is 1.42. The van der Waals surface area contributed by atoms with Gasteiger partial charge in [-0.1, -0.05) is 30.3 Å². The summed E-state index contributed by atoms with van der Waals surface area (Å²) >= 11 is 0. The molecule has 1 atom stereocenters. The van der Waals surface area contributed by atoms with Gasteiger partial charge in [0.2, 0.25) is 5.89 Å². The molecule has 1 heterocycles. The number of carbonyl (C=O) groups is 1. The fraction of sp³-hybridized carbons (Fsp3) is 0.360. The number of benzene rings is 2. The molecule has 2 aromatic carbocycles. The van der Waals surface area contributed by atoms with Crippen molar-refractivity contribution < 1.29 is 28.5 Å². The van der Waals surface area contributed by atoms with Crippen molar-refractivity contribution in [3.05, 3.63) is 71.6 Å². The smallest absolute Gasteiger partial charge is 0.329 e. The highest BCUT2D eigenvalue weighted by atomic mass is 16.7. The van der Waals surface area contributed by atoms with Gasteiger partial charge in [-0.15, -0.1) is 0 Å². The summed E-state index contributed by atoms with van der Waals surface area (Å²) in [6.45, 7) is 4.37. The Morgan fingerprint density at radius 3 is 2.50 bits per heavy atom. The van der Waals surface area contributed by atoms with Crippen molar-refractivity contribution in [2.45, 2.75) is 39.4 Å². The first-order valence-electron chi connectivity index (χ1n) is 10.7. The number of oxazole rings is 1. The van der Waals surface area contributed by atoms with E-state index >= 15 is 0 Å². The van der Waals surface area contributed by atoms with Gasteiger partial charge in [-0.3, -0.25) is 0 Å². The van der Waals surface area contributed by atoms with Crippen molar-refractivity contribution in [3.8, 4) is 17.2 Å².